The van der Waals surface area contributed by atoms with Crippen molar-refractivity contribution >= 4 is 16.1 Å². The van der Waals surface area contributed by atoms with Crippen LogP contribution in [0.2, 0.25) is 0 Å². The van der Waals surface area contributed by atoms with E-state index < -0.39 is 10.0 Å². The van der Waals surface area contributed by atoms with E-state index in [4.69, 9.17) is 4.74 Å². The summed E-state index contributed by atoms with van der Waals surface area (Å²) in [6.07, 6.45) is 7.30. The number of piperidine rings is 1. The third-order valence-electron chi connectivity index (χ3n) is 5.20. The van der Waals surface area contributed by atoms with Crippen molar-refractivity contribution in [3.8, 4) is 0 Å². The van der Waals surface area contributed by atoms with E-state index in [9.17, 15) is 13.2 Å². The molecule has 0 radical (unpaired) electrons. The second-order valence-corrected chi connectivity index (χ2v) is 9.23. The van der Waals surface area contributed by atoms with Gasteiger partial charge in [-0.1, -0.05) is 6.92 Å². The van der Waals surface area contributed by atoms with E-state index in [1.807, 2.05) is 6.92 Å². The van der Waals surface area contributed by atoms with Crippen molar-refractivity contribution in [1.82, 2.24) is 14.9 Å². The molecule has 2 amide bonds. The van der Waals surface area contributed by atoms with Gasteiger partial charge >= 0.3 is 6.03 Å². The number of hydrogen-bond acceptors (Lipinski definition) is 4. The van der Waals surface area contributed by atoms with E-state index in [1.165, 1.54) is 19.1 Å². The molecule has 1 saturated carbocycles. The van der Waals surface area contributed by atoms with Crippen molar-refractivity contribution in [3.63, 3.8) is 0 Å². The highest BCUT2D eigenvalue weighted by molar-refractivity contribution is 7.88. The smallest absolute Gasteiger partial charge is 0.317 e. The first kappa shape index (κ1) is 20.5. The predicted octanol–water partition coefficient (Wildman–Crippen LogP) is 1.69. The van der Waals surface area contributed by atoms with Gasteiger partial charge < -0.3 is 15.0 Å². The first-order valence-electron chi connectivity index (χ1n) is 9.43. The monoisotopic (exact) mass is 375 g/mol. The Kier molecular flexibility index (Phi) is 7.51. The average Bonchev–Trinajstić information content (AvgIpc) is 2.54. The lowest BCUT2D eigenvalue weighted by molar-refractivity contribution is -0.0202. The Morgan fingerprint density at radius 2 is 1.88 bits per heavy atom. The first-order valence-corrected chi connectivity index (χ1v) is 11.3. The number of amides is 2. The quantitative estimate of drug-likeness (QED) is 0.740. The molecule has 0 aromatic rings. The number of nitrogens with zero attached hydrogens (tertiary/aromatic N) is 1. The number of likely N-dealkylation sites (tertiary alicyclic amines) is 1. The lowest BCUT2D eigenvalue weighted by atomic mass is 9.89. The highest BCUT2D eigenvalue weighted by Crippen LogP contribution is 2.27. The highest BCUT2D eigenvalue weighted by atomic mass is 32.2. The van der Waals surface area contributed by atoms with Crippen molar-refractivity contribution < 1.29 is 17.9 Å². The summed E-state index contributed by atoms with van der Waals surface area (Å²) in [6.45, 7) is 5.70. The Bertz CT molecular complexity index is 532. The summed E-state index contributed by atoms with van der Waals surface area (Å²) in [5.41, 5.74) is 0. The van der Waals surface area contributed by atoms with Gasteiger partial charge in [-0.05, 0) is 51.4 Å². The molecular formula is C17H33N3O4S. The minimum Gasteiger partial charge on any atom is -0.376 e. The van der Waals surface area contributed by atoms with Crippen molar-refractivity contribution in [1.29, 1.82) is 0 Å². The second-order valence-electron chi connectivity index (χ2n) is 7.45. The summed E-state index contributed by atoms with van der Waals surface area (Å²) < 4.78 is 32.3. The molecule has 1 aliphatic carbocycles. The van der Waals surface area contributed by atoms with Gasteiger partial charge in [0.1, 0.15) is 0 Å². The van der Waals surface area contributed by atoms with E-state index in [0.717, 1.165) is 31.6 Å². The molecule has 2 fully saturated rings. The van der Waals surface area contributed by atoms with Crippen LogP contribution in [0.3, 0.4) is 0 Å². The van der Waals surface area contributed by atoms with Crippen LogP contribution in [0, 0.1) is 5.92 Å². The van der Waals surface area contributed by atoms with Gasteiger partial charge in [-0.25, -0.2) is 17.9 Å². The lowest BCUT2D eigenvalue weighted by Gasteiger charge is -2.41. The van der Waals surface area contributed by atoms with Crippen LogP contribution >= 0.6 is 0 Å². The molecule has 0 aromatic heterocycles. The van der Waals surface area contributed by atoms with Gasteiger partial charge in [-0.3, -0.25) is 0 Å². The first-order chi connectivity index (χ1) is 11.8. The molecule has 0 bridgehead atoms. The zero-order chi connectivity index (χ0) is 18.4. The summed E-state index contributed by atoms with van der Waals surface area (Å²) in [7, 11) is -3.33. The zero-order valence-electron chi connectivity index (χ0n) is 15.7. The lowest BCUT2D eigenvalue weighted by Crippen LogP contribution is -2.60. The summed E-state index contributed by atoms with van der Waals surface area (Å²) in [4.78, 5) is 14.1. The molecule has 0 unspecified atom stereocenters. The van der Waals surface area contributed by atoms with E-state index in [1.54, 1.807) is 4.90 Å². The maximum Gasteiger partial charge on any atom is 0.317 e. The average molecular weight is 376 g/mol. The highest BCUT2D eigenvalue weighted by Gasteiger charge is 2.36. The maximum absolute atomic E-state index is 12.4. The number of nitrogens with one attached hydrogen (secondary N) is 2. The van der Waals surface area contributed by atoms with Gasteiger partial charge in [0.15, 0.2) is 0 Å². The fourth-order valence-corrected chi connectivity index (χ4v) is 4.64. The van der Waals surface area contributed by atoms with Gasteiger partial charge in [-0.15, -0.1) is 0 Å². The molecule has 1 aliphatic heterocycles. The van der Waals surface area contributed by atoms with Gasteiger partial charge in [-0.2, -0.15) is 0 Å². The summed E-state index contributed by atoms with van der Waals surface area (Å²) in [5.74, 6) is 0.751. The molecule has 2 rings (SSSR count). The summed E-state index contributed by atoms with van der Waals surface area (Å²) in [5, 5.41) is 2.83. The Labute approximate surface area is 151 Å². The Balaban J connectivity index is 2.03. The molecule has 2 aliphatic rings. The maximum atomic E-state index is 12.4. The van der Waals surface area contributed by atoms with Gasteiger partial charge in [0.05, 0.1) is 25.0 Å². The Morgan fingerprint density at radius 3 is 2.48 bits per heavy atom. The van der Waals surface area contributed by atoms with Crippen LogP contribution < -0.4 is 10.0 Å². The number of carbonyl (C=O) groups excluding carboxylic acids is 1. The molecule has 2 atom stereocenters. The van der Waals surface area contributed by atoms with E-state index >= 15 is 0 Å². The van der Waals surface area contributed by atoms with Gasteiger partial charge in [0, 0.05) is 19.1 Å². The molecule has 0 aromatic carbocycles. The molecule has 1 heterocycles. The predicted molar refractivity (Wildman–Crippen MR) is 97.9 cm³/mol. The fourth-order valence-electron chi connectivity index (χ4n) is 3.81. The minimum atomic E-state index is -3.33. The summed E-state index contributed by atoms with van der Waals surface area (Å²) >= 11 is 0. The fraction of sp³-hybridized carbons (Fsp3) is 0.941. The number of rotatable bonds is 6. The van der Waals surface area contributed by atoms with Crippen LogP contribution in [0.4, 0.5) is 4.79 Å². The van der Waals surface area contributed by atoms with Crippen LogP contribution in [0.15, 0.2) is 0 Å². The molecule has 0 spiro atoms. The van der Waals surface area contributed by atoms with Crippen molar-refractivity contribution in [2.75, 3.05) is 26.0 Å². The third-order valence-corrected chi connectivity index (χ3v) is 5.93. The minimum absolute atomic E-state index is 0.145. The SMILES string of the molecule is CCNC(=O)N1CCC[C@H](NS(C)(=O)=O)[C@@H]1CO[C@H]1CC[C@@H](C)CC1. The normalized spacial score (nSPS) is 30.9. The second kappa shape index (κ2) is 9.19. The third kappa shape index (κ3) is 6.42. The topological polar surface area (TPSA) is 87.7 Å². The van der Waals surface area contributed by atoms with Crippen LogP contribution in [0.25, 0.3) is 0 Å². The van der Waals surface area contributed by atoms with Crippen molar-refractivity contribution in [2.24, 2.45) is 5.92 Å². The Morgan fingerprint density at radius 1 is 1.20 bits per heavy atom. The largest absolute Gasteiger partial charge is 0.376 e. The van der Waals surface area contributed by atoms with Gasteiger partial charge in [0.2, 0.25) is 10.0 Å². The van der Waals surface area contributed by atoms with Crippen molar-refractivity contribution in [2.45, 2.75) is 70.6 Å². The number of hydrogen-bond donors (Lipinski definition) is 2. The molecular weight excluding hydrogens is 342 g/mol. The molecule has 2 N–H and O–H groups in total. The van der Waals surface area contributed by atoms with E-state index in [-0.39, 0.29) is 24.2 Å². The number of carbonyl (C=O) groups is 1. The van der Waals surface area contributed by atoms with Crippen LogP contribution in [-0.2, 0) is 14.8 Å². The number of ether oxygens (including phenoxy) is 1. The zero-order valence-corrected chi connectivity index (χ0v) is 16.5. The standard InChI is InChI=1S/C17H33N3O4S/c1-4-18-17(21)20-11-5-6-15(19-25(3,22)23)16(20)12-24-14-9-7-13(2)8-10-14/h13-16,19H,4-12H2,1-3H3,(H,18,21)/t13-,14+,15-,16-/m0/s1. The number of urea groups is 1. The molecule has 25 heavy (non-hydrogen) atoms. The van der Waals surface area contributed by atoms with Crippen molar-refractivity contribution in [3.05, 3.63) is 0 Å². The summed E-state index contributed by atoms with van der Waals surface area (Å²) in [6, 6.07) is -0.711. The van der Waals surface area contributed by atoms with E-state index in [0.29, 0.717) is 19.7 Å². The number of sulfonamides is 1. The van der Waals surface area contributed by atoms with Crippen LogP contribution in [0.5, 0.6) is 0 Å². The van der Waals surface area contributed by atoms with Crippen LogP contribution in [-0.4, -0.2) is 63.5 Å². The van der Waals surface area contributed by atoms with Crippen LogP contribution in [0.1, 0.15) is 52.4 Å². The Hall–Kier alpha value is -0.860. The molecule has 146 valence electrons. The molecule has 8 heteroatoms. The molecule has 7 nitrogen and oxygen atoms in total. The molecule has 1 saturated heterocycles. The van der Waals surface area contributed by atoms with E-state index in [2.05, 4.69) is 17.0 Å². The van der Waals surface area contributed by atoms with Gasteiger partial charge in [0.25, 0.3) is 0 Å².